The zero-order chi connectivity index (χ0) is 40.0. The molecule has 0 aliphatic heterocycles. The lowest BCUT2D eigenvalue weighted by atomic mass is 9.98. The third kappa shape index (κ3) is 4.63. The highest BCUT2D eigenvalue weighted by Crippen LogP contribution is 2.44. The van der Waals surface area contributed by atoms with Crippen molar-refractivity contribution in [1.82, 2.24) is 19.5 Å². The maximum absolute atomic E-state index is 9.21. The summed E-state index contributed by atoms with van der Waals surface area (Å²) in [5.41, 5.74) is 4.24. The Morgan fingerprint density at radius 1 is 0.460 bits per heavy atom. The van der Waals surface area contributed by atoms with Gasteiger partial charge in [-0.25, -0.2) is 15.0 Å². The van der Waals surface area contributed by atoms with E-state index in [1.54, 1.807) is 15.9 Å². The Kier molecular flexibility index (Phi) is 5.00. The van der Waals surface area contributed by atoms with Crippen LogP contribution in [-0.4, -0.2) is 19.5 Å². The van der Waals surface area contributed by atoms with Crippen molar-refractivity contribution < 1.29 is 11.0 Å². The van der Waals surface area contributed by atoms with Crippen LogP contribution in [0.1, 0.15) is 11.0 Å². The normalized spacial score (nSPS) is 13.8. The number of thiophene rings is 1. The van der Waals surface area contributed by atoms with Crippen molar-refractivity contribution in [2.24, 2.45) is 0 Å². The molecule has 4 nitrogen and oxygen atoms in total. The number of para-hydroxylation sites is 2. The van der Waals surface area contributed by atoms with Gasteiger partial charge >= 0.3 is 0 Å². The molecule has 50 heavy (non-hydrogen) atoms. The van der Waals surface area contributed by atoms with Crippen LogP contribution in [0.4, 0.5) is 0 Å². The first kappa shape index (κ1) is 21.5. The van der Waals surface area contributed by atoms with Crippen molar-refractivity contribution in [3.63, 3.8) is 0 Å². The van der Waals surface area contributed by atoms with E-state index in [2.05, 4.69) is 18.2 Å². The van der Waals surface area contributed by atoms with Crippen molar-refractivity contribution >= 4 is 53.3 Å². The number of nitrogens with zero attached hydrogens (tertiary/aromatic N) is 4. The molecule has 0 amide bonds. The van der Waals surface area contributed by atoms with E-state index in [1.807, 2.05) is 103 Å². The second-order valence-electron chi connectivity index (χ2n) is 11.8. The molecule has 3 heterocycles. The molecule has 0 N–H and O–H groups in total. The van der Waals surface area contributed by atoms with Gasteiger partial charge in [0.15, 0.2) is 17.5 Å². The van der Waals surface area contributed by atoms with Crippen LogP contribution in [0.3, 0.4) is 0 Å². The van der Waals surface area contributed by atoms with Gasteiger partial charge in [-0.1, -0.05) is 133 Å². The summed E-state index contributed by atoms with van der Waals surface area (Å²) < 4.78 is 74.6. The summed E-state index contributed by atoms with van der Waals surface area (Å²) in [6.07, 6.45) is 0. The van der Waals surface area contributed by atoms with Gasteiger partial charge in [0.25, 0.3) is 0 Å². The third-order valence-corrected chi connectivity index (χ3v) is 10.1. The van der Waals surface area contributed by atoms with Gasteiger partial charge in [0, 0.05) is 58.8 Å². The van der Waals surface area contributed by atoms with Gasteiger partial charge < -0.3 is 4.57 Å². The van der Waals surface area contributed by atoms with E-state index in [0.717, 1.165) is 36.9 Å². The number of benzene rings is 7. The van der Waals surface area contributed by atoms with Crippen LogP contribution < -0.4 is 0 Å². The van der Waals surface area contributed by atoms with E-state index in [1.165, 1.54) is 0 Å². The van der Waals surface area contributed by atoms with Gasteiger partial charge in [0.2, 0.25) is 0 Å². The molecule has 10 rings (SSSR count). The first-order chi connectivity index (χ1) is 28.1. The van der Waals surface area contributed by atoms with Crippen molar-refractivity contribution in [3.05, 3.63) is 170 Å². The molecule has 0 saturated carbocycles. The molecule has 0 atom stereocenters. The molecule has 0 aliphatic carbocycles. The average Bonchev–Trinajstić information content (AvgIpc) is 3.83. The second-order valence-corrected chi connectivity index (χ2v) is 12.9. The minimum absolute atomic E-state index is 0.0144. The Labute approximate surface area is 303 Å². The Balaban J connectivity index is 1.35. The van der Waals surface area contributed by atoms with E-state index < -0.39 is 24.2 Å². The lowest BCUT2D eigenvalue weighted by molar-refractivity contribution is 1.07. The van der Waals surface area contributed by atoms with Crippen molar-refractivity contribution in [2.45, 2.75) is 0 Å². The van der Waals surface area contributed by atoms with Gasteiger partial charge in [-0.05, 0) is 36.4 Å². The monoisotopic (exact) mass is 664 g/mol. The van der Waals surface area contributed by atoms with Gasteiger partial charge in [-0.2, -0.15) is 0 Å². The molecular formula is C45H28N4S. The minimum atomic E-state index is -0.493. The molecule has 0 radical (unpaired) electrons. The van der Waals surface area contributed by atoms with Crippen LogP contribution in [0.15, 0.2) is 170 Å². The number of aromatic nitrogens is 4. The van der Waals surface area contributed by atoms with Crippen molar-refractivity contribution in [2.75, 3.05) is 0 Å². The molecule has 5 heteroatoms. The summed E-state index contributed by atoms with van der Waals surface area (Å²) in [4.78, 5) is 14.9. The number of fused-ring (bicyclic) bond motifs is 6. The Hall–Kier alpha value is -6.43. The van der Waals surface area contributed by atoms with Crippen LogP contribution in [0.25, 0.3) is 93.0 Å². The summed E-state index contributed by atoms with van der Waals surface area (Å²) in [6, 6.07) is 35.7. The molecule has 0 fully saturated rings. The summed E-state index contributed by atoms with van der Waals surface area (Å²) in [7, 11) is 0. The predicted octanol–water partition coefficient (Wildman–Crippen LogP) is 12.0. The topological polar surface area (TPSA) is 43.6 Å². The molecule has 0 spiro atoms. The highest BCUT2D eigenvalue weighted by molar-refractivity contribution is 7.26. The van der Waals surface area contributed by atoms with E-state index >= 15 is 0 Å². The number of hydrogen-bond donors (Lipinski definition) is 0. The Bertz CT molecular complexity index is 3200. The first-order valence-corrected chi connectivity index (χ1v) is 16.9. The minimum Gasteiger partial charge on any atom is -0.309 e. The van der Waals surface area contributed by atoms with Crippen molar-refractivity contribution in [3.8, 4) is 51.0 Å². The van der Waals surface area contributed by atoms with Gasteiger partial charge in [0.05, 0.1) is 27.7 Å². The smallest absolute Gasteiger partial charge is 0.164 e. The van der Waals surface area contributed by atoms with Crippen LogP contribution in [0.5, 0.6) is 0 Å². The summed E-state index contributed by atoms with van der Waals surface area (Å²) >= 11 is 1.62. The maximum Gasteiger partial charge on any atom is 0.164 e. The molecule has 0 bridgehead atoms. The van der Waals surface area contributed by atoms with Crippen LogP contribution in [0.2, 0.25) is 0 Å². The summed E-state index contributed by atoms with van der Waals surface area (Å²) in [6.45, 7) is 0. The standard InChI is InChI=1S/C45H28N4S/c1-3-14-29(15-4-1)43-46-44(30-16-5-2-6-17-30)48-45(47-43)31-26-27-40(49-38-23-10-7-18-32(38)33-19-8-11-24-39(33)49)37(28-31)36-22-13-21-35-34-20-9-12-25-41(34)50-42(35)36/h1-28H/i7D,8D,10D,11D,18D,19D,23D,24D. The maximum atomic E-state index is 9.21. The highest BCUT2D eigenvalue weighted by atomic mass is 32.1. The Morgan fingerprint density at radius 2 is 1.02 bits per heavy atom. The fraction of sp³-hybridized carbons (Fsp3) is 0. The highest BCUT2D eigenvalue weighted by Gasteiger charge is 2.20. The van der Waals surface area contributed by atoms with Crippen LogP contribution >= 0.6 is 11.3 Å². The van der Waals surface area contributed by atoms with Gasteiger partial charge in [0.1, 0.15) is 0 Å². The average molecular weight is 665 g/mol. The summed E-state index contributed by atoms with van der Waals surface area (Å²) in [5, 5.41) is 2.14. The SMILES string of the molecule is [2H]c1c([2H])c([2H])c2c(c1[2H])c1c([2H])c([2H])c([2H])c([2H])c1n2-c1ccc(-c2nc(-c3ccccc3)nc(-c3ccccc3)n2)cc1-c1cccc2c1sc1ccccc12. The molecule has 0 aliphatic rings. The first-order valence-electron chi connectivity index (χ1n) is 20.1. The molecule has 10 aromatic rings. The van der Waals surface area contributed by atoms with Gasteiger partial charge in [-0.15, -0.1) is 11.3 Å². The number of hydrogen-bond acceptors (Lipinski definition) is 4. The quantitative estimate of drug-likeness (QED) is 0.184. The molecular weight excluding hydrogens is 629 g/mol. The van der Waals surface area contributed by atoms with Crippen LogP contribution in [0, 0.1) is 0 Å². The second kappa shape index (κ2) is 11.6. The molecule has 3 aromatic heterocycles. The zero-order valence-corrected chi connectivity index (χ0v) is 27.1. The molecule has 7 aromatic carbocycles. The predicted molar refractivity (Wildman–Crippen MR) is 209 cm³/mol. The van der Waals surface area contributed by atoms with Crippen molar-refractivity contribution in [1.29, 1.82) is 0 Å². The fourth-order valence-corrected chi connectivity index (χ4v) is 7.87. The van der Waals surface area contributed by atoms with E-state index in [-0.39, 0.29) is 46.0 Å². The fourth-order valence-electron chi connectivity index (χ4n) is 6.64. The lowest BCUT2D eigenvalue weighted by Gasteiger charge is -2.17. The van der Waals surface area contributed by atoms with Crippen LogP contribution in [-0.2, 0) is 0 Å². The van der Waals surface area contributed by atoms with E-state index in [9.17, 15) is 2.74 Å². The lowest BCUT2D eigenvalue weighted by Crippen LogP contribution is -2.02. The number of rotatable bonds is 5. The molecule has 0 unspecified atom stereocenters. The third-order valence-electron chi connectivity index (χ3n) is 8.92. The summed E-state index contributed by atoms with van der Waals surface area (Å²) in [5.74, 6) is 1.36. The van der Waals surface area contributed by atoms with Gasteiger partial charge in [-0.3, -0.25) is 0 Å². The molecule has 234 valence electrons. The van der Waals surface area contributed by atoms with E-state index in [4.69, 9.17) is 23.2 Å². The molecule has 0 saturated heterocycles. The van der Waals surface area contributed by atoms with E-state index in [0.29, 0.717) is 34.3 Å². The largest absolute Gasteiger partial charge is 0.309 e. The zero-order valence-electron chi connectivity index (χ0n) is 34.2. The Morgan fingerprint density at radius 3 is 1.68 bits per heavy atom.